The van der Waals surface area contributed by atoms with Gasteiger partial charge in [-0.2, -0.15) is 5.10 Å². The van der Waals surface area contributed by atoms with Crippen LogP contribution in [-0.2, 0) is 11.8 Å². The van der Waals surface area contributed by atoms with Gasteiger partial charge in [0, 0.05) is 33.3 Å². The van der Waals surface area contributed by atoms with Gasteiger partial charge in [-0.25, -0.2) is 0 Å². The van der Waals surface area contributed by atoms with Gasteiger partial charge in [0.1, 0.15) is 5.82 Å². The highest BCUT2D eigenvalue weighted by Crippen LogP contribution is 2.32. The van der Waals surface area contributed by atoms with Gasteiger partial charge in [-0.15, -0.1) is 0 Å². The molecule has 1 aromatic heterocycles. The van der Waals surface area contributed by atoms with Crippen LogP contribution < -0.4 is 15.1 Å². The quantitative estimate of drug-likeness (QED) is 0.939. The van der Waals surface area contributed by atoms with Crippen molar-refractivity contribution in [1.29, 1.82) is 0 Å². The summed E-state index contributed by atoms with van der Waals surface area (Å²) in [5, 5.41) is 7.23. The van der Waals surface area contributed by atoms with E-state index in [0.29, 0.717) is 12.5 Å². The summed E-state index contributed by atoms with van der Waals surface area (Å²) in [7, 11) is 3.94. The molecule has 24 heavy (non-hydrogen) atoms. The maximum atomic E-state index is 12.5. The Balaban J connectivity index is 1.79. The molecule has 0 saturated carbocycles. The molecule has 1 aromatic carbocycles. The molecular weight excluding hydrogens is 302 g/mol. The molecule has 0 aliphatic carbocycles. The number of aromatic nitrogens is 2. The minimum absolute atomic E-state index is 0.0236. The lowest BCUT2D eigenvalue weighted by Crippen LogP contribution is -2.36. The van der Waals surface area contributed by atoms with Crippen molar-refractivity contribution in [1.82, 2.24) is 9.78 Å². The zero-order chi connectivity index (χ0) is 17.3. The summed E-state index contributed by atoms with van der Waals surface area (Å²) in [6.45, 7) is 6.31. The Morgan fingerprint density at radius 1 is 1.25 bits per heavy atom. The zero-order valence-electron chi connectivity index (χ0n) is 14.8. The van der Waals surface area contributed by atoms with Gasteiger partial charge < -0.3 is 15.1 Å². The highest BCUT2D eigenvalue weighted by Gasteiger charge is 2.23. The summed E-state index contributed by atoms with van der Waals surface area (Å²) in [5.74, 6) is 1.18. The number of hydrogen-bond donors (Lipinski definition) is 1. The maximum Gasteiger partial charge on any atom is 0.245 e. The van der Waals surface area contributed by atoms with E-state index in [1.807, 2.05) is 32.2 Å². The van der Waals surface area contributed by atoms with Gasteiger partial charge >= 0.3 is 0 Å². The lowest BCUT2D eigenvalue weighted by atomic mass is 10.1. The first-order chi connectivity index (χ1) is 11.4. The fourth-order valence-corrected chi connectivity index (χ4v) is 3.39. The number of benzene rings is 1. The van der Waals surface area contributed by atoms with E-state index in [0.717, 1.165) is 30.3 Å². The molecule has 0 radical (unpaired) electrons. The molecule has 1 N–H and O–H groups in total. The molecule has 0 unspecified atom stereocenters. The minimum Gasteiger partial charge on any atom is -0.373 e. The van der Waals surface area contributed by atoms with Crippen LogP contribution >= 0.6 is 0 Å². The van der Waals surface area contributed by atoms with Crippen LogP contribution in [0.3, 0.4) is 0 Å². The Kier molecular flexibility index (Phi) is 4.46. The Morgan fingerprint density at radius 3 is 2.62 bits per heavy atom. The SMILES string of the molecule is Cc1cc(NC(=O)CN2C[C@H](C)CN(C)c3ccccc32)n(C)n1. The predicted molar refractivity (Wildman–Crippen MR) is 97.7 cm³/mol. The molecule has 1 atom stereocenters. The highest BCUT2D eigenvalue weighted by atomic mass is 16.2. The average Bonchev–Trinajstić information content (AvgIpc) is 2.77. The van der Waals surface area contributed by atoms with Gasteiger partial charge in [0.25, 0.3) is 0 Å². The van der Waals surface area contributed by atoms with Crippen LogP contribution in [0.5, 0.6) is 0 Å². The number of nitrogens with one attached hydrogen (secondary N) is 1. The van der Waals surface area contributed by atoms with Crippen LogP contribution in [0.2, 0.25) is 0 Å². The van der Waals surface area contributed by atoms with Gasteiger partial charge in [-0.05, 0) is 25.0 Å². The molecule has 1 aliphatic rings. The molecule has 0 spiro atoms. The summed E-state index contributed by atoms with van der Waals surface area (Å²) < 4.78 is 1.69. The molecule has 1 amide bonds. The van der Waals surface area contributed by atoms with E-state index < -0.39 is 0 Å². The first-order valence-corrected chi connectivity index (χ1v) is 8.29. The number of amides is 1. The molecule has 2 aromatic rings. The number of rotatable bonds is 3. The number of hydrogen-bond acceptors (Lipinski definition) is 4. The molecule has 6 heteroatoms. The van der Waals surface area contributed by atoms with E-state index in [1.165, 1.54) is 5.69 Å². The summed E-state index contributed by atoms with van der Waals surface area (Å²) in [5.41, 5.74) is 3.18. The number of carbonyl (C=O) groups is 1. The fourth-order valence-electron chi connectivity index (χ4n) is 3.39. The molecule has 3 rings (SSSR count). The second-order valence-corrected chi connectivity index (χ2v) is 6.70. The van der Waals surface area contributed by atoms with Crippen molar-refractivity contribution in [2.45, 2.75) is 13.8 Å². The number of aryl methyl sites for hydroxylation is 2. The van der Waals surface area contributed by atoms with E-state index in [2.05, 4.69) is 46.3 Å². The Morgan fingerprint density at radius 2 is 1.96 bits per heavy atom. The largest absolute Gasteiger partial charge is 0.373 e. The second-order valence-electron chi connectivity index (χ2n) is 6.70. The van der Waals surface area contributed by atoms with E-state index in [1.54, 1.807) is 4.68 Å². The van der Waals surface area contributed by atoms with Crippen molar-refractivity contribution >= 4 is 23.1 Å². The minimum atomic E-state index is -0.0236. The van der Waals surface area contributed by atoms with Gasteiger partial charge in [0.2, 0.25) is 5.91 Å². The van der Waals surface area contributed by atoms with Crippen molar-refractivity contribution in [3.8, 4) is 0 Å². The third kappa shape index (κ3) is 3.37. The van der Waals surface area contributed by atoms with Crippen LogP contribution in [0, 0.1) is 12.8 Å². The smallest absolute Gasteiger partial charge is 0.245 e. The zero-order valence-corrected chi connectivity index (χ0v) is 14.8. The number of para-hydroxylation sites is 2. The number of fused-ring (bicyclic) bond motifs is 1. The molecule has 6 nitrogen and oxygen atoms in total. The van der Waals surface area contributed by atoms with Gasteiger partial charge in [0.15, 0.2) is 0 Å². The third-order valence-electron chi connectivity index (χ3n) is 4.36. The second kappa shape index (κ2) is 6.55. The van der Waals surface area contributed by atoms with Gasteiger partial charge in [-0.3, -0.25) is 9.48 Å². The molecule has 0 saturated heterocycles. The van der Waals surface area contributed by atoms with E-state index >= 15 is 0 Å². The molecule has 128 valence electrons. The topological polar surface area (TPSA) is 53.4 Å². The van der Waals surface area contributed by atoms with Crippen molar-refractivity contribution < 1.29 is 4.79 Å². The first kappa shape index (κ1) is 16.4. The summed E-state index contributed by atoms with van der Waals surface area (Å²) in [4.78, 5) is 17.0. The van der Waals surface area contributed by atoms with Crippen molar-refractivity contribution in [3.05, 3.63) is 36.0 Å². The molecule has 0 bridgehead atoms. The average molecular weight is 327 g/mol. The van der Waals surface area contributed by atoms with Gasteiger partial charge in [0.05, 0.1) is 23.6 Å². The number of carbonyl (C=O) groups excluding carboxylic acids is 1. The van der Waals surface area contributed by atoms with E-state index in [-0.39, 0.29) is 5.91 Å². The maximum absolute atomic E-state index is 12.5. The summed E-state index contributed by atoms with van der Waals surface area (Å²) in [6.07, 6.45) is 0. The van der Waals surface area contributed by atoms with Crippen LogP contribution in [0.4, 0.5) is 17.2 Å². The fraction of sp³-hybridized carbons (Fsp3) is 0.444. The van der Waals surface area contributed by atoms with Crippen molar-refractivity contribution in [2.24, 2.45) is 13.0 Å². The Labute approximate surface area is 143 Å². The van der Waals surface area contributed by atoms with Crippen LogP contribution in [0.25, 0.3) is 0 Å². The van der Waals surface area contributed by atoms with Crippen LogP contribution in [-0.4, -0.2) is 42.4 Å². The standard InChI is InChI=1S/C18H25N5O/c1-13-10-21(3)15-7-5-6-8-16(15)23(11-13)12-18(24)19-17-9-14(2)20-22(17)4/h5-9,13H,10-12H2,1-4H3,(H,19,24)/t13-/m1/s1. The summed E-state index contributed by atoms with van der Waals surface area (Å²) >= 11 is 0. The van der Waals surface area contributed by atoms with Crippen molar-refractivity contribution in [3.63, 3.8) is 0 Å². The summed E-state index contributed by atoms with van der Waals surface area (Å²) in [6, 6.07) is 10.2. The van der Waals surface area contributed by atoms with Crippen LogP contribution in [0.15, 0.2) is 30.3 Å². The van der Waals surface area contributed by atoms with E-state index in [4.69, 9.17) is 0 Å². The molecule has 2 heterocycles. The van der Waals surface area contributed by atoms with Crippen molar-refractivity contribution in [2.75, 3.05) is 41.8 Å². The molecule has 0 fully saturated rings. The lowest BCUT2D eigenvalue weighted by molar-refractivity contribution is -0.115. The molecule has 1 aliphatic heterocycles. The van der Waals surface area contributed by atoms with Crippen LogP contribution in [0.1, 0.15) is 12.6 Å². The number of nitrogens with zero attached hydrogens (tertiary/aromatic N) is 4. The molecular formula is C18H25N5O. The predicted octanol–water partition coefficient (Wildman–Crippen LogP) is 2.26. The normalized spacial score (nSPS) is 17.4. The van der Waals surface area contributed by atoms with Gasteiger partial charge in [-0.1, -0.05) is 19.1 Å². The van der Waals surface area contributed by atoms with E-state index in [9.17, 15) is 4.79 Å². The Bertz CT molecular complexity index is 739. The highest BCUT2D eigenvalue weighted by molar-refractivity contribution is 5.94. The first-order valence-electron chi connectivity index (χ1n) is 8.29. The lowest BCUT2D eigenvalue weighted by Gasteiger charge is -2.25. The number of anilines is 3. The monoisotopic (exact) mass is 327 g/mol. The Hall–Kier alpha value is -2.50. The third-order valence-corrected chi connectivity index (χ3v) is 4.36.